The van der Waals surface area contributed by atoms with Crippen molar-refractivity contribution in [2.24, 2.45) is 17.3 Å². The Hall–Kier alpha value is -1.83. The molecule has 1 aromatic rings. The van der Waals surface area contributed by atoms with Gasteiger partial charge in [-0.05, 0) is 61.0 Å². The van der Waals surface area contributed by atoms with Crippen LogP contribution in [-0.2, 0) is 17.4 Å². The molecule has 0 heterocycles. The Morgan fingerprint density at radius 3 is 2.64 bits per heavy atom. The maximum atomic E-state index is 13.6. The molecule has 2 fully saturated rings. The van der Waals surface area contributed by atoms with E-state index < -0.39 is 11.7 Å². The van der Waals surface area contributed by atoms with Crippen LogP contribution in [0.4, 0.5) is 18.9 Å². The first-order chi connectivity index (χ1) is 11.8. The van der Waals surface area contributed by atoms with Gasteiger partial charge in [-0.3, -0.25) is 4.79 Å². The number of hydrogen-bond acceptors (Lipinski definition) is 1. The molecule has 4 atom stereocenters. The van der Waals surface area contributed by atoms with Crippen molar-refractivity contribution in [1.29, 1.82) is 0 Å². The van der Waals surface area contributed by atoms with Gasteiger partial charge >= 0.3 is 6.18 Å². The summed E-state index contributed by atoms with van der Waals surface area (Å²) >= 11 is 0. The molecule has 0 saturated heterocycles. The van der Waals surface area contributed by atoms with E-state index in [0.29, 0.717) is 36.5 Å². The van der Waals surface area contributed by atoms with Gasteiger partial charge in [0.1, 0.15) is 5.78 Å². The lowest BCUT2D eigenvalue weighted by Gasteiger charge is -2.48. The topological polar surface area (TPSA) is 21.4 Å². The maximum Gasteiger partial charge on any atom is 0.407 e. The number of carbonyl (C=O) groups is 1. The van der Waals surface area contributed by atoms with Crippen molar-refractivity contribution in [2.45, 2.75) is 57.5 Å². The summed E-state index contributed by atoms with van der Waals surface area (Å²) in [6, 6.07) is 3.08. The predicted molar refractivity (Wildman–Crippen MR) is 87.3 cm³/mol. The molecule has 3 aliphatic rings. The van der Waals surface area contributed by atoms with E-state index in [1.807, 2.05) is 0 Å². The van der Waals surface area contributed by atoms with Crippen molar-refractivity contribution in [3.63, 3.8) is 0 Å². The molecular weight excluding hydrogens is 327 g/mol. The molecule has 0 amide bonds. The first-order valence-electron chi connectivity index (χ1n) is 8.91. The minimum atomic E-state index is -4.50. The van der Waals surface area contributed by atoms with E-state index in [-0.39, 0.29) is 22.9 Å². The summed E-state index contributed by atoms with van der Waals surface area (Å²) in [5.74, 6) is 1.01. The zero-order valence-corrected chi connectivity index (χ0v) is 14.1. The molecule has 0 aliphatic heterocycles. The number of alkyl halides is 3. The van der Waals surface area contributed by atoms with Crippen LogP contribution in [0.15, 0.2) is 12.1 Å². The highest BCUT2D eigenvalue weighted by atomic mass is 19.4. The van der Waals surface area contributed by atoms with Gasteiger partial charge in [0.2, 0.25) is 0 Å². The Balaban J connectivity index is 1.80. The fraction of sp³-hybridized carbons (Fsp3) is 0.600. The molecule has 3 unspecified atom stereocenters. The normalized spacial score (nSPS) is 34.0. The molecule has 3 aliphatic carbocycles. The van der Waals surface area contributed by atoms with Gasteiger partial charge in [0.15, 0.2) is 5.69 Å². The highest BCUT2D eigenvalue weighted by Crippen LogP contribution is 2.60. The fourth-order valence-electron chi connectivity index (χ4n) is 5.84. The van der Waals surface area contributed by atoms with E-state index in [9.17, 15) is 18.0 Å². The second-order valence-corrected chi connectivity index (χ2v) is 7.97. The summed E-state index contributed by atoms with van der Waals surface area (Å²) in [5, 5.41) is 0. The number of hydrogen-bond donors (Lipinski definition) is 0. The third-order valence-electron chi connectivity index (χ3n) is 7.00. The van der Waals surface area contributed by atoms with Crippen molar-refractivity contribution >= 4 is 11.5 Å². The van der Waals surface area contributed by atoms with E-state index in [4.69, 9.17) is 6.57 Å². The van der Waals surface area contributed by atoms with Gasteiger partial charge in [-0.1, -0.05) is 19.1 Å². The SMILES string of the molecule is [C-]#[N+]c1ccc2c(c1C(F)(F)F)CCC1C2CC[C@]2(C)C(=O)CCC12. The average molecular weight is 347 g/mol. The van der Waals surface area contributed by atoms with Gasteiger partial charge in [-0.15, -0.1) is 0 Å². The summed E-state index contributed by atoms with van der Waals surface area (Å²) in [4.78, 5) is 15.4. The molecule has 132 valence electrons. The number of rotatable bonds is 0. The smallest absolute Gasteiger partial charge is 0.299 e. The summed E-state index contributed by atoms with van der Waals surface area (Å²) in [6.07, 6.45) is -0.427. The zero-order chi connectivity index (χ0) is 18.0. The second kappa shape index (κ2) is 5.33. The predicted octanol–water partition coefficient (Wildman–Crippen LogP) is 5.68. The van der Waals surface area contributed by atoms with Gasteiger partial charge in [-0.2, -0.15) is 13.2 Å². The van der Waals surface area contributed by atoms with Crippen LogP contribution < -0.4 is 0 Å². The largest absolute Gasteiger partial charge is 0.407 e. The number of benzene rings is 1. The first-order valence-corrected chi connectivity index (χ1v) is 8.91. The van der Waals surface area contributed by atoms with E-state index in [1.54, 1.807) is 6.07 Å². The number of fused-ring (bicyclic) bond motifs is 5. The highest BCUT2D eigenvalue weighted by molar-refractivity contribution is 5.87. The Bertz CT molecular complexity index is 791. The Kier molecular flexibility index (Phi) is 3.55. The van der Waals surface area contributed by atoms with Crippen LogP contribution in [-0.4, -0.2) is 5.78 Å². The van der Waals surface area contributed by atoms with E-state index in [1.165, 1.54) is 6.07 Å². The van der Waals surface area contributed by atoms with Crippen LogP contribution in [0.25, 0.3) is 4.85 Å². The number of nitrogens with zero attached hydrogens (tertiary/aromatic N) is 1. The van der Waals surface area contributed by atoms with Gasteiger partial charge in [-0.25, -0.2) is 4.85 Å². The summed E-state index contributed by atoms with van der Waals surface area (Å²) in [6.45, 7) is 9.15. The van der Waals surface area contributed by atoms with E-state index in [2.05, 4.69) is 11.8 Å². The van der Waals surface area contributed by atoms with Crippen LogP contribution in [0.2, 0.25) is 0 Å². The number of carbonyl (C=O) groups excluding carboxylic acids is 1. The van der Waals surface area contributed by atoms with Crippen molar-refractivity contribution < 1.29 is 18.0 Å². The summed E-state index contributed by atoms with van der Waals surface area (Å²) in [7, 11) is 0. The third kappa shape index (κ3) is 2.26. The van der Waals surface area contributed by atoms with Crippen molar-refractivity contribution in [2.75, 3.05) is 0 Å². The van der Waals surface area contributed by atoms with Gasteiger partial charge in [0.05, 0.1) is 12.1 Å². The molecule has 4 rings (SSSR count). The van der Waals surface area contributed by atoms with Crippen molar-refractivity contribution in [1.82, 2.24) is 0 Å². The lowest BCUT2D eigenvalue weighted by molar-refractivity contribution is -0.137. The van der Waals surface area contributed by atoms with Crippen LogP contribution in [0.1, 0.15) is 61.6 Å². The monoisotopic (exact) mass is 347 g/mol. The molecule has 25 heavy (non-hydrogen) atoms. The van der Waals surface area contributed by atoms with Crippen LogP contribution in [0.5, 0.6) is 0 Å². The van der Waals surface area contributed by atoms with Gasteiger partial charge in [0.25, 0.3) is 0 Å². The number of Topliss-reactive ketones (excluding diaryl/α,β-unsaturated/α-hetero) is 1. The first kappa shape index (κ1) is 16.6. The molecule has 2 nitrogen and oxygen atoms in total. The molecule has 5 heteroatoms. The quantitative estimate of drug-likeness (QED) is 0.553. The van der Waals surface area contributed by atoms with Crippen molar-refractivity contribution in [3.05, 3.63) is 40.2 Å². The molecule has 0 spiro atoms. The Morgan fingerprint density at radius 1 is 1.20 bits per heavy atom. The lowest BCUT2D eigenvalue weighted by Crippen LogP contribution is -2.42. The molecule has 0 N–H and O–H groups in total. The second-order valence-electron chi connectivity index (χ2n) is 7.97. The number of ketones is 1. The molecule has 0 bridgehead atoms. The van der Waals surface area contributed by atoms with Crippen LogP contribution >= 0.6 is 0 Å². The maximum absolute atomic E-state index is 13.6. The molecule has 2 saturated carbocycles. The van der Waals surface area contributed by atoms with Crippen LogP contribution in [0.3, 0.4) is 0 Å². The zero-order valence-electron chi connectivity index (χ0n) is 14.1. The highest BCUT2D eigenvalue weighted by Gasteiger charge is 2.55. The summed E-state index contributed by atoms with van der Waals surface area (Å²) in [5.41, 5.74) is -0.189. The minimum Gasteiger partial charge on any atom is -0.299 e. The fourth-order valence-corrected chi connectivity index (χ4v) is 5.84. The van der Waals surface area contributed by atoms with Crippen molar-refractivity contribution in [3.8, 4) is 0 Å². The van der Waals surface area contributed by atoms with Crippen LogP contribution in [0, 0.1) is 23.8 Å². The average Bonchev–Trinajstić information content (AvgIpc) is 2.87. The minimum absolute atomic E-state index is 0.0913. The Morgan fingerprint density at radius 2 is 1.96 bits per heavy atom. The lowest BCUT2D eigenvalue weighted by atomic mass is 9.55. The molecule has 0 aromatic heterocycles. The third-order valence-corrected chi connectivity index (χ3v) is 7.00. The Labute approximate surface area is 145 Å². The summed E-state index contributed by atoms with van der Waals surface area (Å²) < 4.78 is 40.8. The molecule has 0 radical (unpaired) electrons. The van der Waals surface area contributed by atoms with Gasteiger partial charge in [0, 0.05) is 11.8 Å². The standard InChI is InChI=1S/C20H20F3NO/c1-19-10-9-12-11-5-7-16(24-2)18(20(21,22)23)14(11)4-3-13(12)15(19)6-8-17(19)25/h5,7,12-13,15H,3-4,6,8-10H2,1H3/t12?,13?,15?,19-/m0/s1. The van der Waals surface area contributed by atoms with Gasteiger partial charge < -0.3 is 0 Å². The number of halogens is 3. The van der Waals surface area contributed by atoms with E-state index >= 15 is 0 Å². The molecule has 1 aromatic carbocycles. The molecular formula is C20H20F3NO. The van der Waals surface area contributed by atoms with E-state index in [0.717, 1.165) is 24.8 Å².